The third-order valence-corrected chi connectivity index (χ3v) is 1.88. The van der Waals surface area contributed by atoms with Crippen molar-refractivity contribution in [3.8, 4) is 6.07 Å². The minimum atomic E-state index is -0.0954. The van der Waals surface area contributed by atoms with E-state index in [1.54, 1.807) is 18.6 Å². The van der Waals surface area contributed by atoms with E-state index in [-0.39, 0.29) is 6.04 Å². The van der Waals surface area contributed by atoms with Crippen molar-refractivity contribution < 1.29 is 0 Å². The summed E-state index contributed by atoms with van der Waals surface area (Å²) < 4.78 is 0. The SMILES string of the molecule is CC(C#N)N(C)Cc1cnccn1. The van der Waals surface area contributed by atoms with E-state index in [1.807, 2.05) is 18.9 Å². The molecule has 0 spiro atoms. The number of nitrogens with zero attached hydrogens (tertiary/aromatic N) is 4. The molecule has 68 valence electrons. The molecule has 4 nitrogen and oxygen atoms in total. The lowest BCUT2D eigenvalue weighted by atomic mass is 10.3. The van der Waals surface area contributed by atoms with Crippen LogP contribution in [0.1, 0.15) is 12.6 Å². The molecule has 1 atom stereocenters. The molecular formula is C9H12N4. The summed E-state index contributed by atoms with van der Waals surface area (Å²) in [5, 5.41) is 8.66. The van der Waals surface area contributed by atoms with Crippen LogP contribution in [-0.2, 0) is 6.54 Å². The highest BCUT2D eigenvalue weighted by atomic mass is 15.1. The molecule has 1 aromatic heterocycles. The summed E-state index contributed by atoms with van der Waals surface area (Å²) in [4.78, 5) is 9.99. The van der Waals surface area contributed by atoms with Crippen molar-refractivity contribution in [2.75, 3.05) is 7.05 Å². The second-order valence-electron chi connectivity index (χ2n) is 2.92. The van der Waals surface area contributed by atoms with Crippen LogP contribution in [0.3, 0.4) is 0 Å². The maximum absolute atomic E-state index is 8.66. The Morgan fingerprint density at radius 3 is 2.92 bits per heavy atom. The lowest BCUT2D eigenvalue weighted by Crippen LogP contribution is -2.27. The minimum Gasteiger partial charge on any atom is -0.285 e. The van der Waals surface area contributed by atoms with Gasteiger partial charge in [0.15, 0.2) is 0 Å². The van der Waals surface area contributed by atoms with Gasteiger partial charge < -0.3 is 0 Å². The van der Waals surface area contributed by atoms with Gasteiger partial charge in [-0.1, -0.05) is 0 Å². The van der Waals surface area contributed by atoms with Gasteiger partial charge in [-0.25, -0.2) is 0 Å². The van der Waals surface area contributed by atoms with E-state index in [9.17, 15) is 0 Å². The van der Waals surface area contributed by atoms with Crippen molar-refractivity contribution in [2.24, 2.45) is 0 Å². The number of nitriles is 1. The third-order valence-electron chi connectivity index (χ3n) is 1.88. The molecule has 1 heterocycles. The fraction of sp³-hybridized carbons (Fsp3) is 0.444. The van der Waals surface area contributed by atoms with Crippen LogP contribution < -0.4 is 0 Å². The molecule has 0 aliphatic rings. The van der Waals surface area contributed by atoms with E-state index in [2.05, 4.69) is 16.0 Å². The first-order valence-electron chi connectivity index (χ1n) is 4.09. The number of hydrogen-bond acceptors (Lipinski definition) is 4. The molecule has 0 N–H and O–H groups in total. The van der Waals surface area contributed by atoms with Crippen molar-refractivity contribution in [1.82, 2.24) is 14.9 Å². The summed E-state index contributed by atoms with van der Waals surface area (Å²) >= 11 is 0. The molecule has 0 aromatic carbocycles. The fourth-order valence-corrected chi connectivity index (χ4v) is 0.903. The van der Waals surface area contributed by atoms with Gasteiger partial charge >= 0.3 is 0 Å². The second-order valence-corrected chi connectivity index (χ2v) is 2.92. The zero-order valence-electron chi connectivity index (χ0n) is 7.81. The molecule has 0 fully saturated rings. The first-order chi connectivity index (χ1) is 6.24. The van der Waals surface area contributed by atoms with Gasteiger partial charge in [0, 0.05) is 25.1 Å². The van der Waals surface area contributed by atoms with Crippen molar-refractivity contribution in [3.05, 3.63) is 24.3 Å². The van der Waals surface area contributed by atoms with E-state index in [1.165, 1.54) is 0 Å². The van der Waals surface area contributed by atoms with Crippen molar-refractivity contribution in [1.29, 1.82) is 5.26 Å². The normalized spacial score (nSPS) is 12.5. The summed E-state index contributed by atoms with van der Waals surface area (Å²) in [6.45, 7) is 2.51. The van der Waals surface area contributed by atoms with E-state index in [0.717, 1.165) is 5.69 Å². The molecule has 1 unspecified atom stereocenters. The van der Waals surface area contributed by atoms with Gasteiger partial charge in [0.1, 0.15) is 0 Å². The quantitative estimate of drug-likeness (QED) is 0.684. The van der Waals surface area contributed by atoms with Gasteiger partial charge in [-0.05, 0) is 14.0 Å². The van der Waals surface area contributed by atoms with E-state index >= 15 is 0 Å². The summed E-state index contributed by atoms with van der Waals surface area (Å²) in [6, 6.07) is 2.07. The zero-order valence-corrected chi connectivity index (χ0v) is 7.81. The Morgan fingerprint density at radius 2 is 2.38 bits per heavy atom. The smallest absolute Gasteiger partial charge is 0.0950 e. The second kappa shape index (κ2) is 4.53. The van der Waals surface area contributed by atoms with Crippen LogP contribution in [0.4, 0.5) is 0 Å². The Hall–Kier alpha value is -1.47. The number of hydrogen-bond donors (Lipinski definition) is 0. The van der Waals surface area contributed by atoms with Gasteiger partial charge in [0.2, 0.25) is 0 Å². The van der Waals surface area contributed by atoms with Gasteiger partial charge in [0.05, 0.1) is 17.8 Å². The predicted molar refractivity (Wildman–Crippen MR) is 48.6 cm³/mol. The standard InChI is InChI=1S/C9H12N4/c1-8(5-10)13(2)7-9-6-11-3-4-12-9/h3-4,6,8H,7H2,1-2H3. The van der Waals surface area contributed by atoms with E-state index in [0.29, 0.717) is 6.54 Å². The van der Waals surface area contributed by atoms with Crippen molar-refractivity contribution >= 4 is 0 Å². The van der Waals surface area contributed by atoms with Crippen LogP contribution in [0.2, 0.25) is 0 Å². The van der Waals surface area contributed by atoms with Crippen LogP contribution in [0, 0.1) is 11.3 Å². The predicted octanol–water partition coefficient (Wildman–Crippen LogP) is 0.820. The van der Waals surface area contributed by atoms with Gasteiger partial charge in [-0.3, -0.25) is 14.9 Å². The van der Waals surface area contributed by atoms with Gasteiger partial charge in [0.25, 0.3) is 0 Å². The van der Waals surface area contributed by atoms with Gasteiger partial charge in [-0.15, -0.1) is 0 Å². The number of aromatic nitrogens is 2. The molecule has 1 aromatic rings. The maximum atomic E-state index is 8.66. The van der Waals surface area contributed by atoms with Crippen molar-refractivity contribution in [2.45, 2.75) is 19.5 Å². The Bertz CT molecular complexity index is 290. The molecule has 0 saturated carbocycles. The Morgan fingerprint density at radius 1 is 1.62 bits per heavy atom. The highest BCUT2D eigenvalue weighted by Gasteiger charge is 2.08. The summed E-state index contributed by atoms with van der Waals surface area (Å²) in [7, 11) is 1.89. The molecule has 0 radical (unpaired) electrons. The molecule has 0 amide bonds. The average molecular weight is 176 g/mol. The molecule has 0 aliphatic heterocycles. The lowest BCUT2D eigenvalue weighted by molar-refractivity contribution is 0.290. The Balaban J connectivity index is 2.56. The summed E-state index contributed by atoms with van der Waals surface area (Å²) in [5.74, 6) is 0. The highest BCUT2D eigenvalue weighted by Crippen LogP contribution is 2.00. The first kappa shape index (κ1) is 9.62. The topological polar surface area (TPSA) is 52.8 Å². The fourth-order valence-electron chi connectivity index (χ4n) is 0.903. The van der Waals surface area contributed by atoms with Crippen LogP contribution in [0.5, 0.6) is 0 Å². The van der Waals surface area contributed by atoms with Crippen LogP contribution in [0.25, 0.3) is 0 Å². The monoisotopic (exact) mass is 176 g/mol. The average Bonchev–Trinajstić information content (AvgIpc) is 2.18. The Labute approximate surface area is 77.8 Å². The number of rotatable bonds is 3. The molecule has 1 rings (SSSR count). The highest BCUT2D eigenvalue weighted by molar-refractivity contribution is 4.96. The van der Waals surface area contributed by atoms with E-state index < -0.39 is 0 Å². The zero-order chi connectivity index (χ0) is 9.68. The van der Waals surface area contributed by atoms with Crippen LogP contribution in [-0.4, -0.2) is 28.0 Å². The van der Waals surface area contributed by atoms with Crippen LogP contribution >= 0.6 is 0 Å². The molecule has 0 aliphatic carbocycles. The molecule has 0 saturated heterocycles. The third kappa shape index (κ3) is 2.80. The Kier molecular flexibility index (Phi) is 3.35. The summed E-state index contributed by atoms with van der Waals surface area (Å²) in [5.41, 5.74) is 0.882. The lowest BCUT2D eigenvalue weighted by Gasteiger charge is -2.17. The minimum absolute atomic E-state index is 0.0954. The largest absolute Gasteiger partial charge is 0.285 e. The first-order valence-corrected chi connectivity index (χ1v) is 4.09. The molecule has 4 heteroatoms. The van der Waals surface area contributed by atoms with Gasteiger partial charge in [-0.2, -0.15) is 5.26 Å². The van der Waals surface area contributed by atoms with E-state index in [4.69, 9.17) is 5.26 Å². The molecular weight excluding hydrogens is 164 g/mol. The van der Waals surface area contributed by atoms with Crippen molar-refractivity contribution in [3.63, 3.8) is 0 Å². The van der Waals surface area contributed by atoms with Crippen LogP contribution in [0.15, 0.2) is 18.6 Å². The molecule has 13 heavy (non-hydrogen) atoms. The summed E-state index contributed by atoms with van der Waals surface area (Å²) in [6.07, 6.45) is 5.00. The maximum Gasteiger partial charge on any atom is 0.0950 e. The molecule has 0 bridgehead atoms.